The van der Waals surface area contributed by atoms with E-state index in [0.717, 1.165) is 6.42 Å². The number of methoxy groups -OCH3 is 2. The first-order valence-corrected chi connectivity index (χ1v) is 10.0. The van der Waals surface area contributed by atoms with Crippen LogP contribution >= 0.6 is 0 Å². The number of ketones is 1. The third kappa shape index (κ3) is 6.27. The summed E-state index contributed by atoms with van der Waals surface area (Å²) >= 11 is 0. The van der Waals surface area contributed by atoms with Crippen LogP contribution in [-0.4, -0.2) is 33.2 Å². The van der Waals surface area contributed by atoms with Crippen LogP contribution in [-0.2, 0) is 4.79 Å². The maximum absolute atomic E-state index is 13.0. The summed E-state index contributed by atoms with van der Waals surface area (Å²) in [6, 6.07) is 8.87. The Morgan fingerprint density at radius 1 is 0.727 bits per heavy atom. The van der Waals surface area contributed by atoms with Gasteiger partial charge in [-0.2, -0.15) is 17.6 Å². The fourth-order valence-corrected chi connectivity index (χ4v) is 3.51. The molecule has 1 aliphatic carbocycles. The lowest BCUT2D eigenvalue weighted by Crippen LogP contribution is -2.12. The summed E-state index contributed by atoms with van der Waals surface area (Å²) in [5, 5.41) is 0. The van der Waals surface area contributed by atoms with Crippen LogP contribution in [0.1, 0.15) is 30.4 Å². The van der Waals surface area contributed by atoms with Crippen molar-refractivity contribution in [1.82, 2.24) is 0 Å². The van der Waals surface area contributed by atoms with Crippen molar-refractivity contribution < 1.29 is 41.3 Å². The first-order chi connectivity index (χ1) is 15.8. The third-order valence-electron chi connectivity index (χ3n) is 4.96. The van der Waals surface area contributed by atoms with Crippen LogP contribution in [0.15, 0.2) is 47.5 Å². The maximum atomic E-state index is 13.0. The van der Waals surface area contributed by atoms with E-state index in [4.69, 9.17) is 9.47 Å². The van der Waals surface area contributed by atoms with Crippen molar-refractivity contribution in [3.63, 3.8) is 0 Å². The average molecular weight is 466 g/mol. The summed E-state index contributed by atoms with van der Waals surface area (Å²) in [4.78, 5) is 13.0. The highest BCUT2D eigenvalue weighted by Crippen LogP contribution is 2.34. The van der Waals surface area contributed by atoms with E-state index in [1.54, 1.807) is 24.3 Å². The molecule has 33 heavy (non-hydrogen) atoms. The Labute approximate surface area is 188 Å². The molecule has 1 saturated carbocycles. The standard InChI is InChI=1S/C24H22F4O5/c1-30-20-12-14(6-8-18(20)32-23(25)26)10-16-4-3-5-17(22(16)29)11-15-7-9-19(33-24(27)28)21(13-15)31-2/h6-13,23-24H,3-5H2,1-2H3/b16-10-,17-11-. The molecule has 0 bridgehead atoms. The molecule has 2 aromatic rings. The van der Waals surface area contributed by atoms with Crippen LogP contribution < -0.4 is 18.9 Å². The second kappa shape index (κ2) is 10.9. The van der Waals surface area contributed by atoms with Gasteiger partial charge in [0.05, 0.1) is 14.2 Å². The number of halogens is 4. The van der Waals surface area contributed by atoms with Crippen LogP contribution in [0, 0.1) is 0 Å². The van der Waals surface area contributed by atoms with Gasteiger partial charge in [-0.1, -0.05) is 12.1 Å². The van der Waals surface area contributed by atoms with Crippen LogP contribution in [0.25, 0.3) is 12.2 Å². The van der Waals surface area contributed by atoms with E-state index in [2.05, 4.69) is 9.47 Å². The quantitative estimate of drug-likeness (QED) is 0.346. The predicted molar refractivity (Wildman–Crippen MR) is 114 cm³/mol. The Morgan fingerprint density at radius 3 is 1.52 bits per heavy atom. The molecule has 1 fully saturated rings. The van der Waals surface area contributed by atoms with Gasteiger partial charge in [-0.15, -0.1) is 0 Å². The average Bonchev–Trinajstić information content (AvgIpc) is 2.77. The fraction of sp³-hybridized carbons (Fsp3) is 0.292. The number of Topliss-reactive ketones (excluding diaryl/α,β-unsaturated/α-hetero) is 1. The molecule has 0 aliphatic heterocycles. The molecule has 0 N–H and O–H groups in total. The maximum Gasteiger partial charge on any atom is 0.387 e. The van der Waals surface area contributed by atoms with E-state index >= 15 is 0 Å². The minimum Gasteiger partial charge on any atom is -0.493 e. The van der Waals surface area contributed by atoms with Crippen LogP contribution in [0.5, 0.6) is 23.0 Å². The van der Waals surface area contributed by atoms with E-state index in [9.17, 15) is 22.4 Å². The number of allylic oxidation sites excluding steroid dienone is 2. The zero-order valence-electron chi connectivity index (χ0n) is 17.9. The van der Waals surface area contributed by atoms with Gasteiger partial charge >= 0.3 is 13.2 Å². The molecule has 2 aromatic carbocycles. The van der Waals surface area contributed by atoms with Gasteiger partial charge in [0.15, 0.2) is 28.8 Å². The van der Waals surface area contributed by atoms with Crippen molar-refractivity contribution in [2.24, 2.45) is 0 Å². The van der Waals surface area contributed by atoms with E-state index in [-0.39, 0.29) is 28.8 Å². The number of carbonyl (C=O) groups excluding carboxylic acids is 1. The summed E-state index contributed by atoms with van der Waals surface area (Å²) in [5.74, 6) is -0.0967. The Hall–Kier alpha value is -3.49. The van der Waals surface area contributed by atoms with E-state index in [1.807, 2.05) is 0 Å². The zero-order chi connectivity index (χ0) is 24.0. The molecular formula is C24H22F4O5. The lowest BCUT2D eigenvalue weighted by Gasteiger charge is -2.17. The van der Waals surface area contributed by atoms with Gasteiger partial charge in [-0.3, -0.25) is 4.79 Å². The molecule has 5 nitrogen and oxygen atoms in total. The van der Waals surface area contributed by atoms with E-state index < -0.39 is 13.2 Å². The van der Waals surface area contributed by atoms with Gasteiger partial charge in [0.1, 0.15) is 0 Å². The number of ether oxygens (including phenoxy) is 4. The zero-order valence-corrected chi connectivity index (χ0v) is 17.9. The monoisotopic (exact) mass is 466 g/mol. The van der Waals surface area contributed by atoms with E-state index in [0.29, 0.717) is 35.1 Å². The first-order valence-electron chi connectivity index (χ1n) is 10.0. The predicted octanol–water partition coefficient (Wildman–Crippen LogP) is 6.13. The van der Waals surface area contributed by atoms with Crippen molar-refractivity contribution in [3.05, 3.63) is 58.7 Å². The second-order valence-electron chi connectivity index (χ2n) is 7.10. The van der Waals surface area contributed by atoms with Crippen molar-refractivity contribution in [2.45, 2.75) is 32.5 Å². The van der Waals surface area contributed by atoms with E-state index in [1.165, 1.54) is 38.5 Å². The summed E-state index contributed by atoms with van der Waals surface area (Å²) in [5.41, 5.74) is 2.32. The molecular weight excluding hydrogens is 444 g/mol. The Morgan fingerprint density at radius 2 is 1.15 bits per heavy atom. The number of hydrogen-bond donors (Lipinski definition) is 0. The van der Waals surface area contributed by atoms with Crippen LogP contribution in [0.4, 0.5) is 17.6 Å². The Kier molecular flexibility index (Phi) is 7.97. The van der Waals surface area contributed by atoms with Gasteiger partial charge in [0, 0.05) is 11.1 Å². The van der Waals surface area contributed by atoms with Gasteiger partial charge in [0.2, 0.25) is 0 Å². The second-order valence-corrected chi connectivity index (χ2v) is 7.10. The lowest BCUT2D eigenvalue weighted by atomic mass is 9.87. The van der Waals surface area contributed by atoms with Gasteiger partial charge in [-0.25, -0.2) is 0 Å². The normalized spacial score (nSPS) is 16.5. The van der Waals surface area contributed by atoms with Crippen molar-refractivity contribution >= 4 is 17.9 Å². The van der Waals surface area contributed by atoms with Gasteiger partial charge in [0.25, 0.3) is 0 Å². The summed E-state index contributed by atoms with van der Waals surface area (Å²) in [6.07, 6.45) is 5.21. The molecule has 0 saturated heterocycles. The van der Waals surface area contributed by atoms with Gasteiger partial charge in [-0.05, 0) is 66.8 Å². The molecule has 0 atom stereocenters. The molecule has 0 heterocycles. The minimum atomic E-state index is -2.98. The molecule has 0 radical (unpaired) electrons. The Balaban J connectivity index is 1.85. The minimum absolute atomic E-state index is 0.0987. The van der Waals surface area contributed by atoms with Crippen LogP contribution in [0.2, 0.25) is 0 Å². The molecule has 0 spiro atoms. The third-order valence-corrected chi connectivity index (χ3v) is 4.96. The summed E-state index contributed by atoms with van der Waals surface area (Å²) in [6.45, 7) is -5.96. The molecule has 9 heteroatoms. The molecule has 0 aromatic heterocycles. The highest BCUT2D eigenvalue weighted by molar-refractivity contribution is 6.14. The summed E-state index contributed by atoms with van der Waals surface area (Å²) < 4.78 is 69.1. The number of benzene rings is 2. The number of carbonyl (C=O) groups is 1. The highest BCUT2D eigenvalue weighted by Gasteiger charge is 2.21. The molecule has 3 rings (SSSR count). The van der Waals surface area contributed by atoms with Crippen molar-refractivity contribution in [3.8, 4) is 23.0 Å². The summed E-state index contributed by atoms with van der Waals surface area (Å²) in [7, 11) is 2.67. The van der Waals surface area contributed by atoms with Gasteiger partial charge < -0.3 is 18.9 Å². The highest BCUT2D eigenvalue weighted by atomic mass is 19.3. The first kappa shape index (κ1) is 24.2. The van der Waals surface area contributed by atoms with Crippen LogP contribution in [0.3, 0.4) is 0 Å². The molecule has 0 unspecified atom stereocenters. The largest absolute Gasteiger partial charge is 0.493 e. The smallest absolute Gasteiger partial charge is 0.387 e. The topological polar surface area (TPSA) is 54.0 Å². The Bertz CT molecular complexity index is 981. The van der Waals surface area contributed by atoms with Crippen molar-refractivity contribution in [1.29, 1.82) is 0 Å². The number of alkyl halides is 4. The number of rotatable bonds is 8. The molecule has 1 aliphatic rings. The SMILES string of the molecule is COc1cc(/C=C2/CCC/C(=C/c3ccc(OC(F)F)c(OC)c3)C2=O)ccc1OC(F)F. The fourth-order valence-electron chi connectivity index (χ4n) is 3.51. The van der Waals surface area contributed by atoms with Crippen molar-refractivity contribution in [2.75, 3.05) is 14.2 Å². The molecule has 0 amide bonds. The number of hydrogen-bond acceptors (Lipinski definition) is 5. The molecule has 176 valence electrons. The lowest BCUT2D eigenvalue weighted by molar-refractivity contribution is -0.112.